The van der Waals surface area contributed by atoms with E-state index in [9.17, 15) is 9.59 Å². The zero-order chi connectivity index (χ0) is 13.5. The summed E-state index contributed by atoms with van der Waals surface area (Å²) < 4.78 is 0. The van der Waals surface area contributed by atoms with Crippen LogP contribution in [-0.4, -0.2) is 40.5 Å². The molecule has 1 atom stereocenters. The Morgan fingerprint density at radius 3 is 2.50 bits per heavy atom. The second-order valence-electron chi connectivity index (χ2n) is 3.76. The number of hydrogen-bond donors (Lipinski definition) is 3. The highest BCUT2D eigenvalue weighted by Crippen LogP contribution is 2.17. The molecule has 18 heavy (non-hydrogen) atoms. The van der Waals surface area contributed by atoms with Crippen LogP contribution in [-0.2, 0) is 9.59 Å². The molecule has 0 radical (unpaired) electrons. The van der Waals surface area contributed by atoms with Crippen molar-refractivity contribution < 1.29 is 19.8 Å². The smallest absolute Gasteiger partial charge is 0.334 e. The van der Waals surface area contributed by atoms with Crippen LogP contribution in [0.4, 0.5) is 0 Å². The van der Waals surface area contributed by atoms with Crippen LogP contribution in [0.15, 0.2) is 29.2 Å². The van der Waals surface area contributed by atoms with Gasteiger partial charge in [0.05, 0.1) is 12.3 Å². The van der Waals surface area contributed by atoms with Gasteiger partial charge in [-0.2, -0.15) is 0 Å². The molecular weight excluding hydrogens is 254 g/mol. The van der Waals surface area contributed by atoms with Gasteiger partial charge in [-0.1, -0.05) is 17.7 Å². The van der Waals surface area contributed by atoms with Crippen LogP contribution >= 0.6 is 11.8 Å². The van der Waals surface area contributed by atoms with Crippen LogP contribution in [0.1, 0.15) is 5.56 Å². The Labute approximate surface area is 109 Å². The second-order valence-corrected chi connectivity index (χ2v) is 4.81. The van der Waals surface area contributed by atoms with E-state index in [4.69, 9.17) is 10.2 Å². The molecule has 6 heteroatoms. The van der Waals surface area contributed by atoms with E-state index in [1.807, 2.05) is 31.2 Å². The molecule has 0 aliphatic rings. The Balaban J connectivity index is 2.29. The normalized spacial score (nSPS) is 11.9. The van der Waals surface area contributed by atoms with Gasteiger partial charge in [-0.25, -0.2) is 4.79 Å². The summed E-state index contributed by atoms with van der Waals surface area (Å²) in [6.07, 6.45) is -1.56. The van der Waals surface area contributed by atoms with Gasteiger partial charge in [0.2, 0.25) is 5.91 Å². The van der Waals surface area contributed by atoms with Crippen molar-refractivity contribution >= 4 is 23.6 Å². The fourth-order valence-corrected chi connectivity index (χ4v) is 1.86. The zero-order valence-electron chi connectivity index (χ0n) is 9.92. The van der Waals surface area contributed by atoms with E-state index < -0.39 is 12.1 Å². The molecule has 0 saturated heterocycles. The van der Waals surface area contributed by atoms with Crippen molar-refractivity contribution in [1.29, 1.82) is 0 Å². The standard InChI is InChI=1S/C12H15NO4S/c1-8-2-4-9(5-3-8)18-7-11(15)13-6-10(14)12(16)17/h2-5,10,14H,6-7H2,1H3,(H,13,15)(H,16,17)/t10-/m0/s1. The third kappa shape index (κ3) is 5.20. The Morgan fingerprint density at radius 2 is 1.94 bits per heavy atom. The average molecular weight is 269 g/mol. The van der Waals surface area contributed by atoms with Gasteiger partial charge in [0.15, 0.2) is 6.10 Å². The number of carboxylic acids is 1. The van der Waals surface area contributed by atoms with Crippen LogP contribution in [0.25, 0.3) is 0 Å². The number of aliphatic hydroxyl groups is 1. The molecule has 0 aromatic heterocycles. The van der Waals surface area contributed by atoms with E-state index in [1.54, 1.807) is 0 Å². The maximum absolute atomic E-state index is 11.4. The summed E-state index contributed by atoms with van der Waals surface area (Å²) in [5.41, 5.74) is 1.15. The number of nitrogens with one attached hydrogen (secondary N) is 1. The fourth-order valence-electron chi connectivity index (χ4n) is 1.13. The van der Waals surface area contributed by atoms with Gasteiger partial charge in [-0.3, -0.25) is 4.79 Å². The lowest BCUT2D eigenvalue weighted by Gasteiger charge is -2.07. The van der Waals surface area contributed by atoms with Gasteiger partial charge in [-0.15, -0.1) is 11.8 Å². The number of rotatable bonds is 6. The molecule has 0 fully saturated rings. The van der Waals surface area contributed by atoms with Crippen molar-refractivity contribution in [3.8, 4) is 0 Å². The van der Waals surface area contributed by atoms with Crippen LogP contribution < -0.4 is 5.32 Å². The molecule has 0 heterocycles. The van der Waals surface area contributed by atoms with Gasteiger partial charge < -0.3 is 15.5 Å². The van der Waals surface area contributed by atoms with Crippen molar-refractivity contribution in [3.63, 3.8) is 0 Å². The number of benzene rings is 1. The molecule has 1 amide bonds. The predicted octanol–water partition coefficient (Wildman–Crippen LogP) is 0.649. The minimum absolute atomic E-state index is 0.190. The van der Waals surface area contributed by atoms with E-state index in [0.29, 0.717) is 0 Å². The first-order valence-corrected chi connectivity index (χ1v) is 6.34. The van der Waals surface area contributed by atoms with Crippen molar-refractivity contribution in [2.24, 2.45) is 0 Å². The minimum Gasteiger partial charge on any atom is -0.479 e. The van der Waals surface area contributed by atoms with Crippen LogP contribution in [0, 0.1) is 6.92 Å². The molecular formula is C12H15NO4S. The van der Waals surface area contributed by atoms with Crippen molar-refractivity contribution in [2.45, 2.75) is 17.9 Å². The number of carbonyl (C=O) groups excluding carboxylic acids is 1. The Hall–Kier alpha value is -1.53. The first kappa shape index (κ1) is 14.5. The summed E-state index contributed by atoms with van der Waals surface area (Å²) in [4.78, 5) is 22.7. The van der Waals surface area contributed by atoms with Gasteiger partial charge in [0.25, 0.3) is 0 Å². The number of aryl methyl sites for hydroxylation is 1. The number of hydrogen-bond acceptors (Lipinski definition) is 4. The van der Waals surface area contributed by atoms with Gasteiger partial charge in [0.1, 0.15) is 0 Å². The molecule has 0 unspecified atom stereocenters. The monoisotopic (exact) mass is 269 g/mol. The molecule has 0 aliphatic heterocycles. The molecule has 5 nitrogen and oxygen atoms in total. The molecule has 3 N–H and O–H groups in total. The lowest BCUT2D eigenvalue weighted by molar-refractivity contribution is -0.146. The van der Waals surface area contributed by atoms with E-state index in [-0.39, 0.29) is 18.2 Å². The molecule has 0 spiro atoms. The average Bonchev–Trinajstić information content (AvgIpc) is 2.35. The third-order valence-corrected chi connectivity index (χ3v) is 3.18. The Bertz CT molecular complexity index is 419. The van der Waals surface area contributed by atoms with E-state index in [0.717, 1.165) is 10.5 Å². The van der Waals surface area contributed by atoms with Crippen molar-refractivity contribution in [2.75, 3.05) is 12.3 Å². The molecule has 0 aliphatic carbocycles. The molecule has 1 aromatic carbocycles. The highest BCUT2D eigenvalue weighted by molar-refractivity contribution is 8.00. The zero-order valence-corrected chi connectivity index (χ0v) is 10.7. The predicted molar refractivity (Wildman–Crippen MR) is 68.6 cm³/mol. The minimum atomic E-state index is -1.56. The van der Waals surface area contributed by atoms with Gasteiger partial charge >= 0.3 is 5.97 Å². The topological polar surface area (TPSA) is 86.6 Å². The highest BCUT2D eigenvalue weighted by atomic mass is 32.2. The van der Waals surface area contributed by atoms with E-state index in [1.165, 1.54) is 11.8 Å². The summed E-state index contributed by atoms with van der Waals surface area (Å²) in [6.45, 7) is 1.71. The Morgan fingerprint density at radius 1 is 1.33 bits per heavy atom. The summed E-state index contributed by atoms with van der Waals surface area (Å²) in [5.74, 6) is -1.46. The number of aliphatic hydroxyl groups excluding tert-OH is 1. The summed E-state index contributed by atoms with van der Waals surface area (Å²) in [7, 11) is 0. The first-order valence-electron chi connectivity index (χ1n) is 5.36. The number of aliphatic carboxylic acids is 1. The summed E-state index contributed by atoms with van der Waals surface area (Å²) >= 11 is 1.36. The lowest BCUT2D eigenvalue weighted by atomic mass is 10.2. The third-order valence-electron chi connectivity index (χ3n) is 2.17. The number of carboxylic acid groups (broad SMARTS) is 1. The van der Waals surface area contributed by atoms with Crippen LogP contribution in [0.2, 0.25) is 0 Å². The van der Waals surface area contributed by atoms with E-state index in [2.05, 4.69) is 5.32 Å². The SMILES string of the molecule is Cc1ccc(SCC(=O)NC[C@H](O)C(=O)O)cc1. The van der Waals surface area contributed by atoms with Crippen LogP contribution in [0.3, 0.4) is 0 Å². The molecule has 1 aromatic rings. The van der Waals surface area contributed by atoms with Crippen molar-refractivity contribution in [3.05, 3.63) is 29.8 Å². The van der Waals surface area contributed by atoms with Gasteiger partial charge in [-0.05, 0) is 19.1 Å². The lowest BCUT2D eigenvalue weighted by Crippen LogP contribution is -2.37. The van der Waals surface area contributed by atoms with Gasteiger partial charge in [0, 0.05) is 4.90 Å². The Kier molecular flexibility index (Phi) is 5.67. The molecule has 0 saturated carbocycles. The number of amides is 1. The van der Waals surface area contributed by atoms with Crippen molar-refractivity contribution in [1.82, 2.24) is 5.32 Å². The first-order chi connectivity index (χ1) is 8.49. The molecule has 0 bridgehead atoms. The highest BCUT2D eigenvalue weighted by Gasteiger charge is 2.13. The summed E-state index contributed by atoms with van der Waals surface area (Å²) in [5, 5.41) is 19.7. The fraction of sp³-hybridized carbons (Fsp3) is 0.333. The second kappa shape index (κ2) is 7.03. The molecule has 98 valence electrons. The van der Waals surface area contributed by atoms with Crippen LogP contribution in [0.5, 0.6) is 0 Å². The quantitative estimate of drug-likeness (QED) is 0.660. The molecule has 1 rings (SSSR count). The summed E-state index contributed by atoms with van der Waals surface area (Å²) in [6, 6.07) is 7.74. The number of carbonyl (C=O) groups is 2. The largest absolute Gasteiger partial charge is 0.479 e. The number of thioether (sulfide) groups is 1. The maximum Gasteiger partial charge on any atom is 0.334 e. The van der Waals surface area contributed by atoms with E-state index >= 15 is 0 Å². The maximum atomic E-state index is 11.4.